The Bertz CT molecular complexity index is 2100. The number of alkyl halides is 2. The number of hydrogen-bond donors (Lipinski definition) is 2. The monoisotopic (exact) mass is 769 g/mol. The molecule has 0 spiro atoms. The minimum absolute atomic E-state index is 0.0537. The molecule has 3 N–H and O–H groups in total. The first-order chi connectivity index (χ1) is 26.3. The summed E-state index contributed by atoms with van der Waals surface area (Å²) in [6.07, 6.45) is 2.99. The van der Waals surface area contributed by atoms with Gasteiger partial charge in [0, 0.05) is 36.8 Å². The zero-order valence-electron chi connectivity index (χ0n) is 30.5. The number of aryl methyl sites for hydroxylation is 1. The van der Waals surface area contributed by atoms with E-state index in [1.54, 1.807) is 50.2 Å². The maximum Gasteiger partial charge on any atom is 0.504 e. The van der Waals surface area contributed by atoms with Crippen molar-refractivity contribution in [3.63, 3.8) is 0 Å². The van der Waals surface area contributed by atoms with Gasteiger partial charge >= 0.3 is 13.3 Å². The highest BCUT2D eigenvalue weighted by Gasteiger charge is 2.58. The van der Waals surface area contributed by atoms with Gasteiger partial charge < -0.3 is 20.1 Å². The fourth-order valence-corrected chi connectivity index (χ4v) is 8.48. The van der Waals surface area contributed by atoms with Crippen molar-refractivity contribution in [1.82, 2.24) is 5.32 Å². The highest BCUT2D eigenvalue weighted by atomic mass is 31.2. The number of primary amides is 1. The van der Waals surface area contributed by atoms with Crippen LogP contribution in [-0.4, -0.2) is 35.6 Å². The highest BCUT2D eigenvalue weighted by Crippen LogP contribution is 2.65. The van der Waals surface area contributed by atoms with Crippen molar-refractivity contribution < 1.29 is 41.6 Å². The molecule has 0 saturated heterocycles. The first kappa shape index (κ1) is 39.1. The lowest BCUT2D eigenvalue weighted by Crippen LogP contribution is -2.51. The van der Waals surface area contributed by atoms with Gasteiger partial charge in [0.15, 0.2) is 5.78 Å². The Hall–Kier alpha value is -5.61. The van der Waals surface area contributed by atoms with E-state index < -0.39 is 36.7 Å². The molecular weight excluding hydrogens is 727 g/mol. The van der Waals surface area contributed by atoms with Gasteiger partial charge in [-0.05, 0) is 85.7 Å². The van der Waals surface area contributed by atoms with Gasteiger partial charge in [-0.2, -0.15) is 8.78 Å². The van der Waals surface area contributed by atoms with Crippen LogP contribution in [0.15, 0.2) is 109 Å². The van der Waals surface area contributed by atoms with Crippen LogP contribution in [-0.2, 0) is 42.2 Å². The molecule has 0 unspecified atom stereocenters. The van der Waals surface area contributed by atoms with Crippen molar-refractivity contribution in [3.05, 3.63) is 131 Å². The molecule has 286 valence electrons. The fourth-order valence-electron chi connectivity index (χ4n) is 6.95. The summed E-state index contributed by atoms with van der Waals surface area (Å²) in [5.41, 5.74) is 4.03. The summed E-state index contributed by atoms with van der Waals surface area (Å²) >= 11 is 0. The number of anilines is 1. The fraction of sp³-hybridized carbons (Fsp3) is 0.286. The average molecular weight is 770 g/mol. The summed E-state index contributed by atoms with van der Waals surface area (Å²) in [6.45, 7) is 3.43. The number of hydrogen-bond acceptors (Lipinski definition) is 7. The second-order valence-corrected chi connectivity index (χ2v) is 15.8. The molecule has 55 heavy (non-hydrogen) atoms. The van der Waals surface area contributed by atoms with Crippen molar-refractivity contribution in [2.45, 2.75) is 70.1 Å². The highest BCUT2D eigenvalue weighted by molar-refractivity contribution is 7.55. The largest absolute Gasteiger partial charge is 0.504 e. The van der Waals surface area contributed by atoms with Crippen LogP contribution in [0.5, 0.6) is 11.5 Å². The lowest BCUT2D eigenvalue weighted by Gasteiger charge is -2.28. The first-order valence-corrected chi connectivity index (χ1v) is 19.6. The number of para-hydroxylation sites is 3. The minimum Gasteiger partial charge on any atom is -0.412 e. The van der Waals surface area contributed by atoms with Crippen LogP contribution < -0.4 is 25.0 Å². The number of nitrogens with zero attached hydrogens (tertiary/aromatic N) is 1. The third kappa shape index (κ3) is 8.70. The van der Waals surface area contributed by atoms with E-state index in [-0.39, 0.29) is 48.0 Å². The summed E-state index contributed by atoms with van der Waals surface area (Å²) < 4.78 is 57.0. The Balaban J connectivity index is 1.17. The second-order valence-electron chi connectivity index (χ2n) is 13.9. The van der Waals surface area contributed by atoms with Crippen LogP contribution in [0, 0.1) is 5.92 Å². The van der Waals surface area contributed by atoms with Crippen molar-refractivity contribution in [3.8, 4) is 11.5 Å². The predicted molar refractivity (Wildman–Crippen MR) is 205 cm³/mol. The number of nitrogens with one attached hydrogen (secondary N) is 1. The number of nitrogens with two attached hydrogens (primary N) is 1. The molecule has 0 saturated carbocycles. The van der Waals surface area contributed by atoms with E-state index in [0.29, 0.717) is 42.5 Å². The average Bonchev–Trinajstić information content (AvgIpc) is 3.50. The summed E-state index contributed by atoms with van der Waals surface area (Å²) in [4.78, 5) is 53.9. The standard InChI is InChI=1S/C42H42F2N3O7P/c1-27(29-19-21-33(22-20-29)42(43,44)55(52,53-35-12-5-3-6-13-35)54-36-14-7-4-8-15-36)24-34(48)25-32-18-17-30-10-9-11-31-26-37(47(39(30)31)41(32)51)40(50)46-28(2)16-23-38(45)49/h3-15,19-22,24,28,32,37H,16-18,23,25-26H2,1-2H3,(H2,45,49)(H,46,50)/b27-24+/t28-,32-,37+/m1/s1. The van der Waals surface area contributed by atoms with Crippen molar-refractivity contribution in [2.24, 2.45) is 11.7 Å². The zero-order valence-corrected chi connectivity index (χ0v) is 31.3. The van der Waals surface area contributed by atoms with Crippen LogP contribution in [0.25, 0.3) is 5.57 Å². The van der Waals surface area contributed by atoms with E-state index in [9.17, 15) is 23.7 Å². The van der Waals surface area contributed by atoms with Crippen LogP contribution >= 0.6 is 7.60 Å². The Morgan fingerprint density at radius 2 is 1.53 bits per heavy atom. The molecule has 4 aromatic carbocycles. The number of carbonyl (C=O) groups is 4. The molecule has 0 radical (unpaired) electrons. The molecular formula is C42H42F2N3O7P. The smallest absolute Gasteiger partial charge is 0.412 e. The zero-order chi connectivity index (χ0) is 39.3. The summed E-state index contributed by atoms with van der Waals surface area (Å²) in [6, 6.07) is 24.8. The van der Waals surface area contributed by atoms with Crippen LogP contribution in [0.2, 0.25) is 0 Å². The molecule has 10 nitrogen and oxygen atoms in total. The van der Waals surface area contributed by atoms with E-state index in [2.05, 4.69) is 5.32 Å². The molecule has 2 heterocycles. The van der Waals surface area contributed by atoms with Crippen molar-refractivity contribution in [2.75, 3.05) is 4.90 Å². The van der Waals surface area contributed by atoms with Crippen LogP contribution in [0.1, 0.15) is 61.8 Å². The van der Waals surface area contributed by atoms with Gasteiger partial charge in [0.05, 0.1) is 5.69 Å². The molecule has 3 amide bonds. The van der Waals surface area contributed by atoms with Crippen LogP contribution in [0.3, 0.4) is 0 Å². The van der Waals surface area contributed by atoms with Crippen molar-refractivity contribution in [1.29, 1.82) is 0 Å². The molecule has 0 fully saturated rings. The summed E-state index contributed by atoms with van der Waals surface area (Å²) in [7, 11) is -5.21. The second kappa shape index (κ2) is 16.4. The number of amides is 3. The Labute approximate surface area is 318 Å². The number of benzene rings is 4. The molecule has 4 aromatic rings. The lowest BCUT2D eigenvalue weighted by atomic mass is 9.92. The summed E-state index contributed by atoms with van der Waals surface area (Å²) in [5, 5.41) is 2.91. The van der Waals surface area contributed by atoms with Gasteiger partial charge in [-0.15, -0.1) is 0 Å². The van der Waals surface area contributed by atoms with Gasteiger partial charge in [-0.25, -0.2) is 4.57 Å². The van der Waals surface area contributed by atoms with E-state index >= 15 is 8.78 Å². The van der Waals surface area contributed by atoms with Gasteiger partial charge in [-0.3, -0.25) is 24.1 Å². The number of halogens is 2. The minimum atomic E-state index is -5.21. The topological polar surface area (TPSA) is 145 Å². The lowest BCUT2D eigenvalue weighted by molar-refractivity contribution is -0.129. The van der Waals surface area contributed by atoms with Gasteiger partial charge in [0.25, 0.3) is 0 Å². The SMILES string of the molecule is C/C(=C\C(=O)C[C@H]1CCc2cccc3c2N(C1=O)[C@H](C(=O)N[C@H](C)CCC(N)=O)C3)c1ccc(C(F)(F)P(=O)(Oc2ccccc2)Oc2ccccc2)cc1. The number of carbonyl (C=O) groups excluding carboxylic acids is 4. The number of rotatable bonds is 15. The van der Waals surface area contributed by atoms with Crippen molar-refractivity contribution >= 4 is 42.4 Å². The van der Waals surface area contributed by atoms with Gasteiger partial charge in [-0.1, -0.05) is 78.9 Å². The number of ketones is 1. The summed E-state index contributed by atoms with van der Waals surface area (Å²) in [5.74, 6) is -2.29. The number of allylic oxidation sites excluding steroid dienone is 2. The Kier molecular flexibility index (Phi) is 11.7. The predicted octanol–water partition coefficient (Wildman–Crippen LogP) is 7.74. The van der Waals surface area contributed by atoms with Gasteiger partial charge in [0.1, 0.15) is 17.5 Å². The Morgan fingerprint density at radius 1 is 0.927 bits per heavy atom. The maximum absolute atomic E-state index is 16.2. The van der Waals surface area contributed by atoms with Crippen LogP contribution in [0.4, 0.5) is 14.5 Å². The quantitative estimate of drug-likeness (QED) is 0.0930. The maximum atomic E-state index is 16.2. The molecule has 6 rings (SSSR count). The molecule has 13 heteroatoms. The molecule has 2 aliphatic heterocycles. The Morgan fingerprint density at radius 3 is 2.13 bits per heavy atom. The molecule has 3 atom stereocenters. The molecule has 0 aromatic heterocycles. The normalized spacial score (nSPS) is 17.5. The van der Waals surface area contributed by atoms with E-state index in [1.165, 1.54) is 47.4 Å². The third-order valence-corrected chi connectivity index (χ3v) is 11.7. The van der Waals surface area contributed by atoms with E-state index in [0.717, 1.165) is 23.3 Å². The third-order valence-electron chi connectivity index (χ3n) is 9.83. The van der Waals surface area contributed by atoms with Gasteiger partial charge in [0.2, 0.25) is 17.7 Å². The van der Waals surface area contributed by atoms with E-state index in [4.69, 9.17) is 14.8 Å². The molecule has 0 aliphatic carbocycles. The first-order valence-electron chi connectivity index (χ1n) is 18.1. The molecule has 0 bridgehead atoms. The molecule has 2 aliphatic rings. The van der Waals surface area contributed by atoms with E-state index in [1.807, 2.05) is 18.2 Å².